The number of nitrogens with one attached hydrogen (secondary N) is 2. The highest BCUT2D eigenvalue weighted by atomic mass is 35.5. The molecule has 1 aliphatic heterocycles. The van der Waals surface area contributed by atoms with Gasteiger partial charge in [-0.15, -0.1) is 5.10 Å². The lowest BCUT2D eigenvalue weighted by molar-refractivity contribution is -0.119. The Balaban J connectivity index is 1.33. The number of hydrogen-bond acceptors (Lipinski definition) is 6. The predicted molar refractivity (Wildman–Crippen MR) is 112 cm³/mol. The average Bonchev–Trinajstić information content (AvgIpc) is 3.28. The first-order chi connectivity index (χ1) is 15.9. The summed E-state index contributed by atoms with van der Waals surface area (Å²) in [6.45, 7) is 0.0260. The minimum absolute atomic E-state index is 0.0260. The molecule has 1 aromatic heterocycles. The second kappa shape index (κ2) is 8.26. The molecule has 0 bridgehead atoms. The number of benzene rings is 2. The molecule has 1 amide bonds. The molecule has 2 heterocycles. The molecule has 2 N–H and O–H groups in total. The molecule has 2 fully saturated rings. The van der Waals surface area contributed by atoms with Gasteiger partial charge in [0, 0.05) is 41.1 Å². The van der Waals surface area contributed by atoms with E-state index in [1.807, 2.05) is 0 Å². The van der Waals surface area contributed by atoms with Crippen LogP contribution in [0.1, 0.15) is 41.2 Å². The number of rotatable bonds is 6. The topological polar surface area (TPSA) is 89.3 Å². The molecule has 2 aliphatic rings. The molecule has 33 heavy (non-hydrogen) atoms. The van der Waals surface area contributed by atoms with E-state index >= 15 is 0 Å². The second-order valence-corrected chi connectivity index (χ2v) is 8.47. The number of halogens is 4. The van der Waals surface area contributed by atoms with Crippen LogP contribution in [-0.2, 0) is 4.79 Å². The largest absolute Gasteiger partial charge is 0.497 e. The van der Waals surface area contributed by atoms with Crippen molar-refractivity contribution < 1.29 is 27.1 Å². The lowest BCUT2D eigenvalue weighted by Crippen LogP contribution is -2.33. The Hall–Kier alpha value is -3.27. The van der Waals surface area contributed by atoms with Crippen LogP contribution in [0.4, 0.5) is 19.2 Å². The number of aromatic nitrogens is 2. The highest BCUT2D eigenvalue weighted by Gasteiger charge is 2.45. The Morgan fingerprint density at radius 1 is 1.09 bits per heavy atom. The summed E-state index contributed by atoms with van der Waals surface area (Å²) >= 11 is 5.81. The predicted octanol–water partition coefficient (Wildman–Crippen LogP) is 4.11. The summed E-state index contributed by atoms with van der Waals surface area (Å²) in [5, 5.41) is 13.6. The van der Waals surface area contributed by atoms with Crippen LogP contribution in [0.3, 0.4) is 0 Å². The number of ether oxygens (including phenoxy) is 1. The lowest BCUT2D eigenvalue weighted by atomic mass is 9.93. The van der Waals surface area contributed by atoms with Crippen molar-refractivity contribution in [3.8, 4) is 5.75 Å². The smallest absolute Gasteiger partial charge is 0.316 e. The first kappa shape index (κ1) is 21.6. The van der Waals surface area contributed by atoms with Gasteiger partial charge >= 0.3 is 6.01 Å². The van der Waals surface area contributed by atoms with Gasteiger partial charge in [-0.25, -0.2) is 13.2 Å². The van der Waals surface area contributed by atoms with Crippen molar-refractivity contribution in [3.63, 3.8) is 0 Å². The van der Waals surface area contributed by atoms with Crippen molar-refractivity contribution in [2.45, 2.75) is 30.2 Å². The van der Waals surface area contributed by atoms with Crippen LogP contribution < -0.4 is 15.4 Å². The van der Waals surface area contributed by atoms with Gasteiger partial charge < -0.3 is 19.8 Å². The summed E-state index contributed by atoms with van der Waals surface area (Å²) < 4.78 is 53.9. The summed E-state index contributed by atoms with van der Waals surface area (Å²) in [5.74, 6) is -3.33. The standard InChI is InChI=1S/C22H18ClF3N4O3/c1-32-10-5-16(25)18(17(26)6-10)14-8-27-20(31)19(14)28-22-30-29-21(33-22)13-7-12(13)11-3-2-9(23)4-15(11)24/h2-6,12-14,19H,7-8H2,1H3,(H,27,31)(H,28,30). The number of hydrogen-bond donors (Lipinski definition) is 2. The molecule has 0 spiro atoms. The van der Waals surface area contributed by atoms with Crippen LogP contribution in [0.2, 0.25) is 5.02 Å². The van der Waals surface area contributed by atoms with Gasteiger partial charge in [-0.1, -0.05) is 22.8 Å². The third-order valence-electron chi connectivity index (χ3n) is 6.03. The summed E-state index contributed by atoms with van der Waals surface area (Å²) in [6.07, 6.45) is 0.620. The fraction of sp³-hybridized carbons (Fsp3) is 0.318. The summed E-state index contributed by atoms with van der Waals surface area (Å²) in [7, 11) is 1.30. The van der Waals surface area contributed by atoms with Crippen LogP contribution in [0.25, 0.3) is 0 Å². The minimum atomic E-state index is -1.03. The molecule has 1 saturated heterocycles. The number of carbonyl (C=O) groups excluding carboxylic acids is 1. The fourth-order valence-corrected chi connectivity index (χ4v) is 4.44. The third-order valence-corrected chi connectivity index (χ3v) is 6.26. The van der Waals surface area contributed by atoms with Crippen molar-refractivity contribution in [2.75, 3.05) is 19.0 Å². The van der Waals surface area contributed by atoms with Crippen LogP contribution in [-0.4, -0.2) is 35.8 Å². The maximum absolute atomic E-state index is 14.6. The number of anilines is 1. The lowest BCUT2D eigenvalue weighted by Gasteiger charge is -2.19. The molecule has 172 valence electrons. The Bertz CT molecular complexity index is 1210. The molecule has 5 rings (SSSR count). The maximum atomic E-state index is 14.6. The van der Waals surface area contributed by atoms with Gasteiger partial charge in [0.1, 0.15) is 29.2 Å². The monoisotopic (exact) mass is 478 g/mol. The molecular weight excluding hydrogens is 461 g/mol. The highest BCUT2D eigenvalue weighted by Crippen LogP contribution is 2.55. The zero-order chi connectivity index (χ0) is 23.3. The molecule has 4 unspecified atom stereocenters. The van der Waals surface area contributed by atoms with Crippen LogP contribution in [0, 0.1) is 17.5 Å². The zero-order valence-corrected chi connectivity index (χ0v) is 18.0. The number of amides is 1. The Kier molecular flexibility index (Phi) is 5.40. The quantitative estimate of drug-likeness (QED) is 0.554. The number of methoxy groups -OCH3 is 1. The normalized spacial score (nSPS) is 24.0. The van der Waals surface area contributed by atoms with Gasteiger partial charge in [0.15, 0.2) is 0 Å². The van der Waals surface area contributed by atoms with E-state index in [4.69, 9.17) is 20.8 Å². The van der Waals surface area contributed by atoms with Gasteiger partial charge in [0.05, 0.1) is 7.11 Å². The molecule has 0 radical (unpaired) electrons. The summed E-state index contributed by atoms with van der Waals surface area (Å²) in [6, 6.07) is 5.53. The Morgan fingerprint density at radius 3 is 2.55 bits per heavy atom. The molecule has 1 saturated carbocycles. The fourth-order valence-electron chi connectivity index (χ4n) is 4.28. The van der Waals surface area contributed by atoms with Gasteiger partial charge in [0.2, 0.25) is 11.8 Å². The highest BCUT2D eigenvalue weighted by molar-refractivity contribution is 6.30. The van der Waals surface area contributed by atoms with Gasteiger partial charge in [-0.05, 0) is 30.0 Å². The first-order valence-corrected chi connectivity index (χ1v) is 10.6. The number of nitrogens with zero attached hydrogens (tertiary/aromatic N) is 2. The third kappa shape index (κ3) is 3.99. The van der Waals surface area contributed by atoms with E-state index in [9.17, 15) is 18.0 Å². The van der Waals surface area contributed by atoms with Crippen molar-refractivity contribution in [1.29, 1.82) is 0 Å². The van der Waals surface area contributed by atoms with Crippen molar-refractivity contribution in [1.82, 2.24) is 15.5 Å². The molecule has 2 aromatic carbocycles. The zero-order valence-electron chi connectivity index (χ0n) is 17.2. The van der Waals surface area contributed by atoms with Crippen LogP contribution in [0.5, 0.6) is 5.75 Å². The summed E-state index contributed by atoms with van der Waals surface area (Å²) in [5.41, 5.74) is 0.268. The SMILES string of the molecule is COc1cc(F)c(C2CNC(=O)C2Nc2nnc(C3CC3c3ccc(Cl)cc3F)o2)c(F)c1. The van der Waals surface area contributed by atoms with E-state index in [-0.39, 0.29) is 41.6 Å². The van der Waals surface area contributed by atoms with E-state index in [1.54, 1.807) is 12.1 Å². The Morgan fingerprint density at radius 2 is 1.85 bits per heavy atom. The maximum Gasteiger partial charge on any atom is 0.316 e. The molecule has 7 nitrogen and oxygen atoms in total. The molecular formula is C22H18ClF3N4O3. The van der Waals surface area contributed by atoms with Crippen molar-refractivity contribution in [2.24, 2.45) is 0 Å². The minimum Gasteiger partial charge on any atom is -0.497 e. The van der Waals surface area contributed by atoms with Crippen LogP contribution in [0.15, 0.2) is 34.7 Å². The van der Waals surface area contributed by atoms with Gasteiger partial charge in [-0.3, -0.25) is 4.79 Å². The van der Waals surface area contributed by atoms with Crippen molar-refractivity contribution in [3.05, 3.63) is 69.8 Å². The first-order valence-electron chi connectivity index (χ1n) is 10.2. The van der Waals surface area contributed by atoms with E-state index in [1.165, 1.54) is 13.2 Å². The molecule has 1 aliphatic carbocycles. The molecule has 11 heteroatoms. The van der Waals surface area contributed by atoms with E-state index < -0.39 is 35.3 Å². The van der Waals surface area contributed by atoms with E-state index in [0.717, 1.165) is 12.1 Å². The van der Waals surface area contributed by atoms with E-state index in [2.05, 4.69) is 20.8 Å². The van der Waals surface area contributed by atoms with E-state index in [0.29, 0.717) is 17.0 Å². The Labute approximate surface area is 191 Å². The van der Waals surface area contributed by atoms with Gasteiger partial charge in [0.25, 0.3) is 0 Å². The average molecular weight is 479 g/mol. The molecule has 3 aromatic rings. The second-order valence-electron chi connectivity index (χ2n) is 8.04. The van der Waals surface area contributed by atoms with Gasteiger partial charge in [-0.2, -0.15) is 0 Å². The van der Waals surface area contributed by atoms with Crippen LogP contribution >= 0.6 is 11.6 Å². The summed E-state index contributed by atoms with van der Waals surface area (Å²) in [4.78, 5) is 12.4. The van der Waals surface area contributed by atoms with Crippen molar-refractivity contribution >= 4 is 23.5 Å². The number of carbonyl (C=O) groups is 1. The molecule has 4 atom stereocenters.